The van der Waals surface area contributed by atoms with E-state index in [9.17, 15) is 9.59 Å². The number of amides is 2. The van der Waals surface area contributed by atoms with Crippen LogP contribution < -0.4 is 0 Å². The van der Waals surface area contributed by atoms with Crippen molar-refractivity contribution in [2.24, 2.45) is 0 Å². The van der Waals surface area contributed by atoms with Crippen LogP contribution in [0.2, 0.25) is 0 Å². The van der Waals surface area contributed by atoms with Crippen LogP contribution in [0.4, 0.5) is 0 Å². The van der Waals surface area contributed by atoms with Crippen molar-refractivity contribution >= 4 is 11.8 Å². The van der Waals surface area contributed by atoms with Gasteiger partial charge in [0.15, 0.2) is 0 Å². The number of aromatic nitrogens is 1. The monoisotopic (exact) mass is 263 g/mol. The van der Waals surface area contributed by atoms with E-state index in [4.69, 9.17) is 0 Å². The highest BCUT2D eigenvalue weighted by Gasteiger charge is 2.36. The largest absolute Gasteiger partial charge is 0.357 e. The molecule has 0 bridgehead atoms. The molecule has 1 aromatic rings. The highest BCUT2D eigenvalue weighted by Crippen LogP contribution is 2.21. The standard InChI is InChI=1S/C14H21N3O2/c1-3-16(4-2)14(19)12-8-6-10-17(12)13(18)11-7-5-9-15-11/h5,7,9,12,15H,3-4,6,8,10H2,1-2H3. The van der Waals surface area contributed by atoms with Gasteiger partial charge < -0.3 is 14.8 Å². The quantitative estimate of drug-likeness (QED) is 0.894. The first-order valence-electron chi connectivity index (χ1n) is 6.92. The van der Waals surface area contributed by atoms with Gasteiger partial charge in [-0.05, 0) is 38.8 Å². The van der Waals surface area contributed by atoms with Crippen LogP contribution in [-0.2, 0) is 4.79 Å². The van der Waals surface area contributed by atoms with Crippen molar-refractivity contribution < 1.29 is 9.59 Å². The normalized spacial score (nSPS) is 18.6. The van der Waals surface area contributed by atoms with Gasteiger partial charge in [0, 0.05) is 25.8 Å². The Morgan fingerprint density at radius 1 is 1.42 bits per heavy atom. The fraction of sp³-hybridized carbons (Fsp3) is 0.571. The third kappa shape index (κ3) is 2.64. The summed E-state index contributed by atoms with van der Waals surface area (Å²) in [6.07, 6.45) is 3.39. The number of aromatic amines is 1. The minimum absolute atomic E-state index is 0.0717. The molecule has 0 spiro atoms. The highest BCUT2D eigenvalue weighted by atomic mass is 16.2. The fourth-order valence-corrected chi connectivity index (χ4v) is 2.63. The number of likely N-dealkylation sites (N-methyl/N-ethyl adjacent to an activating group) is 1. The molecule has 0 saturated carbocycles. The molecule has 1 atom stereocenters. The summed E-state index contributed by atoms with van der Waals surface area (Å²) in [4.78, 5) is 31.2. The van der Waals surface area contributed by atoms with Gasteiger partial charge in [-0.15, -0.1) is 0 Å². The average Bonchev–Trinajstić information content (AvgIpc) is 3.10. The van der Waals surface area contributed by atoms with Crippen molar-refractivity contribution in [3.8, 4) is 0 Å². The zero-order valence-electron chi connectivity index (χ0n) is 11.6. The number of nitrogens with one attached hydrogen (secondary N) is 1. The van der Waals surface area contributed by atoms with Crippen LogP contribution >= 0.6 is 0 Å². The first-order valence-corrected chi connectivity index (χ1v) is 6.92. The van der Waals surface area contributed by atoms with E-state index in [1.807, 2.05) is 13.8 Å². The molecule has 0 aromatic carbocycles. The second-order valence-corrected chi connectivity index (χ2v) is 4.75. The molecule has 2 rings (SSSR count). The maximum absolute atomic E-state index is 12.4. The first kappa shape index (κ1) is 13.6. The van der Waals surface area contributed by atoms with Gasteiger partial charge in [0.05, 0.1) is 0 Å². The van der Waals surface area contributed by atoms with Gasteiger partial charge in [0.1, 0.15) is 11.7 Å². The van der Waals surface area contributed by atoms with E-state index in [0.717, 1.165) is 12.8 Å². The number of likely N-dealkylation sites (tertiary alicyclic amines) is 1. The molecule has 19 heavy (non-hydrogen) atoms. The molecule has 104 valence electrons. The Bertz CT molecular complexity index is 438. The van der Waals surface area contributed by atoms with Crippen LogP contribution in [0.5, 0.6) is 0 Å². The molecule has 5 heteroatoms. The number of hydrogen-bond donors (Lipinski definition) is 1. The van der Waals surface area contributed by atoms with E-state index in [1.54, 1.807) is 28.1 Å². The lowest BCUT2D eigenvalue weighted by molar-refractivity contribution is -0.134. The minimum Gasteiger partial charge on any atom is -0.357 e. The molecular weight excluding hydrogens is 242 g/mol. The predicted molar refractivity (Wildman–Crippen MR) is 72.8 cm³/mol. The Morgan fingerprint density at radius 2 is 2.16 bits per heavy atom. The van der Waals surface area contributed by atoms with Gasteiger partial charge >= 0.3 is 0 Å². The molecule has 5 nitrogen and oxygen atoms in total. The Kier molecular flexibility index (Phi) is 4.24. The second kappa shape index (κ2) is 5.91. The van der Waals surface area contributed by atoms with Crippen molar-refractivity contribution in [2.75, 3.05) is 19.6 Å². The summed E-state index contributed by atoms with van der Waals surface area (Å²) in [5.74, 6) is -0.00425. The van der Waals surface area contributed by atoms with Crippen LogP contribution in [0.1, 0.15) is 37.2 Å². The summed E-state index contributed by atoms with van der Waals surface area (Å²) < 4.78 is 0. The van der Waals surface area contributed by atoms with Gasteiger partial charge in [-0.2, -0.15) is 0 Å². The average molecular weight is 263 g/mol. The number of rotatable bonds is 4. The molecule has 1 saturated heterocycles. The lowest BCUT2D eigenvalue weighted by Crippen LogP contribution is -2.47. The Balaban J connectivity index is 2.13. The van der Waals surface area contributed by atoms with E-state index >= 15 is 0 Å². The summed E-state index contributed by atoms with van der Waals surface area (Å²) in [5, 5.41) is 0. The lowest BCUT2D eigenvalue weighted by atomic mass is 10.2. The van der Waals surface area contributed by atoms with Crippen molar-refractivity contribution in [1.29, 1.82) is 0 Å². The highest BCUT2D eigenvalue weighted by molar-refractivity contribution is 5.96. The van der Waals surface area contributed by atoms with Crippen molar-refractivity contribution in [3.63, 3.8) is 0 Å². The molecule has 0 radical (unpaired) electrons. The molecular formula is C14H21N3O2. The summed E-state index contributed by atoms with van der Waals surface area (Å²) >= 11 is 0. The number of hydrogen-bond acceptors (Lipinski definition) is 2. The number of carbonyl (C=O) groups excluding carboxylic acids is 2. The Morgan fingerprint density at radius 3 is 2.74 bits per heavy atom. The molecule has 1 unspecified atom stereocenters. The van der Waals surface area contributed by atoms with Crippen LogP contribution in [0, 0.1) is 0 Å². The van der Waals surface area contributed by atoms with Gasteiger partial charge in [0.2, 0.25) is 5.91 Å². The Labute approximate surface area is 113 Å². The fourth-order valence-electron chi connectivity index (χ4n) is 2.63. The van der Waals surface area contributed by atoms with Gasteiger partial charge in [-0.25, -0.2) is 0 Å². The zero-order chi connectivity index (χ0) is 13.8. The summed E-state index contributed by atoms with van der Waals surface area (Å²) in [6.45, 7) is 5.98. The molecule has 1 N–H and O–H groups in total. The maximum atomic E-state index is 12.4. The smallest absolute Gasteiger partial charge is 0.270 e. The number of nitrogens with zero attached hydrogens (tertiary/aromatic N) is 2. The zero-order valence-corrected chi connectivity index (χ0v) is 11.6. The van der Waals surface area contributed by atoms with E-state index in [0.29, 0.717) is 25.3 Å². The summed E-state index contributed by atoms with van der Waals surface area (Å²) in [6, 6.07) is 3.25. The SMILES string of the molecule is CCN(CC)C(=O)C1CCCN1C(=O)c1ccc[nH]1. The maximum Gasteiger partial charge on any atom is 0.270 e. The van der Waals surface area contributed by atoms with Crippen LogP contribution in [0.3, 0.4) is 0 Å². The van der Waals surface area contributed by atoms with E-state index < -0.39 is 0 Å². The van der Waals surface area contributed by atoms with Crippen LogP contribution in [0.25, 0.3) is 0 Å². The van der Waals surface area contributed by atoms with Gasteiger partial charge in [-0.1, -0.05) is 0 Å². The molecule has 1 aliphatic rings. The minimum atomic E-state index is -0.296. The number of carbonyl (C=O) groups is 2. The van der Waals surface area contributed by atoms with Gasteiger partial charge in [0.25, 0.3) is 5.91 Å². The van der Waals surface area contributed by atoms with Crippen molar-refractivity contribution in [1.82, 2.24) is 14.8 Å². The van der Waals surface area contributed by atoms with Crippen molar-refractivity contribution in [2.45, 2.75) is 32.7 Å². The molecule has 1 aromatic heterocycles. The van der Waals surface area contributed by atoms with Crippen LogP contribution in [-0.4, -0.2) is 52.3 Å². The second-order valence-electron chi connectivity index (χ2n) is 4.75. The number of H-pyrrole nitrogens is 1. The first-order chi connectivity index (χ1) is 9.19. The topological polar surface area (TPSA) is 56.4 Å². The molecule has 1 aliphatic heterocycles. The van der Waals surface area contributed by atoms with Crippen molar-refractivity contribution in [3.05, 3.63) is 24.0 Å². The molecule has 2 amide bonds. The van der Waals surface area contributed by atoms with Crippen LogP contribution in [0.15, 0.2) is 18.3 Å². The van der Waals surface area contributed by atoms with E-state index in [1.165, 1.54) is 0 Å². The lowest BCUT2D eigenvalue weighted by Gasteiger charge is -2.28. The molecule has 2 heterocycles. The summed E-state index contributed by atoms with van der Waals surface area (Å²) in [7, 11) is 0. The third-order valence-electron chi connectivity index (χ3n) is 3.70. The molecule has 1 fully saturated rings. The van der Waals surface area contributed by atoms with Gasteiger partial charge in [-0.3, -0.25) is 9.59 Å². The molecule has 0 aliphatic carbocycles. The third-order valence-corrected chi connectivity index (χ3v) is 3.70. The van der Waals surface area contributed by atoms with E-state index in [2.05, 4.69) is 4.98 Å². The predicted octanol–water partition coefficient (Wildman–Crippen LogP) is 1.49. The Hall–Kier alpha value is -1.78. The summed E-state index contributed by atoms with van der Waals surface area (Å²) in [5.41, 5.74) is 0.555. The van der Waals surface area contributed by atoms with E-state index in [-0.39, 0.29) is 17.9 Å².